The van der Waals surface area contributed by atoms with Crippen molar-refractivity contribution in [3.05, 3.63) is 64.2 Å². The summed E-state index contributed by atoms with van der Waals surface area (Å²) in [6, 6.07) is 14.1. The van der Waals surface area contributed by atoms with Crippen molar-refractivity contribution in [1.29, 1.82) is 0 Å². The van der Waals surface area contributed by atoms with E-state index in [2.05, 4.69) is 43.4 Å². The summed E-state index contributed by atoms with van der Waals surface area (Å²) < 4.78 is 5.92. The maximum atomic E-state index is 6.05. The van der Waals surface area contributed by atoms with Crippen LogP contribution in [0, 0.1) is 6.92 Å². The Kier molecular flexibility index (Phi) is 7.58. The number of halogens is 2. The first-order valence-corrected chi connectivity index (χ1v) is 7.24. The minimum atomic E-state index is 0. The number of benzene rings is 2. The predicted molar refractivity (Wildman–Crippen MR) is 91.6 cm³/mol. The Hall–Kier alpha value is -1.22. The van der Waals surface area contributed by atoms with E-state index in [0.717, 1.165) is 29.4 Å². The topological polar surface area (TPSA) is 21.3 Å². The molecule has 0 saturated heterocycles. The average Bonchev–Trinajstić information content (AvgIpc) is 2.46. The second kappa shape index (κ2) is 8.93. The quantitative estimate of drug-likeness (QED) is 0.826. The molecule has 0 aliphatic rings. The molecule has 4 heteroatoms. The molecule has 0 amide bonds. The van der Waals surface area contributed by atoms with Crippen LogP contribution in [0.1, 0.15) is 23.6 Å². The van der Waals surface area contributed by atoms with E-state index in [0.29, 0.717) is 6.61 Å². The van der Waals surface area contributed by atoms with Crippen molar-refractivity contribution >= 4 is 24.0 Å². The van der Waals surface area contributed by atoms with Gasteiger partial charge in [-0.15, -0.1) is 12.4 Å². The van der Waals surface area contributed by atoms with E-state index in [1.54, 1.807) is 0 Å². The smallest absolute Gasteiger partial charge is 0.124 e. The van der Waals surface area contributed by atoms with Crippen molar-refractivity contribution in [2.75, 3.05) is 6.54 Å². The summed E-state index contributed by atoms with van der Waals surface area (Å²) in [5.41, 5.74) is 3.51. The monoisotopic (exact) mass is 325 g/mol. The summed E-state index contributed by atoms with van der Waals surface area (Å²) in [6.45, 7) is 6.42. The van der Waals surface area contributed by atoms with E-state index in [9.17, 15) is 0 Å². The fourth-order valence-electron chi connectivity index (χ4n) is 1.93. The zero-order valence-electron chi connectivity index (χ0n) is 12.4. The highest BCUT2D eigenvalue weighted by Crippen LogP contribution is 2.23. The highest BCUT2D eigenvalue weighted by molar-refractivity contribution is 6.30. The van der Waals surface area contributed by atoms with Crippen LogP contribution in [0.5, 0.6) is 5.75 Å². The molecule has 0 saturated carbocycles. The Balaban J connectivity index is 0.00000220. The van der Waals surface area contributed by atoms with Gasteiger partial charge in [-0.2, -0.15) is 0 Å². The van der Waals surface area contributed by atoms with Crippen molar-refractivity contribution in [1.82, 2.24) is 5.32 Å². The standard InChI is InChI=1S/C17H20ClNO.ClH/c1-3-19-11-15-10-16(18)8-9-17(15)20-12-14-6-4-13(2)5-7-14;/h4-10,19H,3,11-12H2,1-2H3;1H. The molecule has 114 valence electrons. The van der Waals surface area contributed by atoms with Crippen LogP contribution in [0.2, 0.25) is 5.02 Å². The molecule has 21 heavy (non-hydrogen) atoms. The lowest BCUT2D eigenvalue weighted by atomic mass is 10.1. The Morgan fingerprint density at radius 3 is 2.48 bits per heavy atom. The van der Waals surface area contributed by atoms with Crippen LogP contribution in [-0.4, -0.2) is 6.54 Å². The van der Waals surface area contributed by atoms with Crippen LogP contribution in [0.4, 0.5) is 0 Å². The SMILES string of the molecule is CCNCc1cc(Cl)ccc1OCc1ccc(C)cc1.Cl. The number of hydrogen-bond acceptors (Lipinski definition) is 2. The molecular formula is C17H21Cl2NO. The summed E-state index contributed by atoms with van der Waals surface area (Å²) in [5.74, 6) is 0.885. The zero-order valence-corrected chi connectivity index (χ0v) is 13.9. The van der Waals surface area contributed by atoms with E-state index < -0.39 is 0 Å². The van der Waals surface area contributed by atoms with Gasteiger partial charge in [0, 0.05) is 17.1 Å². The molecule has 0 aliphatic heterocycles. The van der Waals surface area contributed by atoms with Gasteiger partial charge in [0.15, 0.2) is 0 Å². The number of nitrogens with one attached hydrogen (secondary N) is 1. The lowest BCUT2D eigenvalue weighted by molar-refractivity contribution is 0.302. The first-order chi connectivity index (χ1) is 9.69. The van der Waals surface area contributed by atoms with Crippen molar-refractivity contribution in [3.63, 3.8) is 0 Å². The lowest BCUT2D eigenvalue weighted by Crippen LogP contribution is -2.13. The summed E-state index contributed by atoms with van der Waals surface area (Å²) in [7, 11) is 0. The van der Waals surface area contributed by atoms with Crippen LogP contribution in [0.25, 0.3) is 0 Å². The number of aryl methyl sites for hydroxylation is 1. The predicted octanol–water partition coefficient (Wildman–Crippen LogP) is 4.76. The molecule has 0 fully saturated rings. The first kappa shape index (κ1) is 17.8. The van der Waals surface area contributed by atoms with Gasteiger partial charge in [-0.25, -0.2) is 0 Å². The fourth-order valence-corrected chi connectivity index (χ4v) is 2.13. The minimum Gasteiger partial charge on any atom is -0.489 e. The average molecular weight is 326 g/mol. The van der Waals surface area contributed by atoms with E-state index in [1.807, 2.05) is 18.2 Å². The number of hydrogen-bond donors (Lipinski definition) is 1. The van der Waals surface area contributed by atoms with Crippen LogP contribution < -0.4 is 10.1 Å². The Bertz CT molecular complexity index is 555. The Morgan fingerprint density at radius 2 is 1.81 bits per heavy atom. The number of rotatable bonds is 6. The molecule has 2 rings (SSSR count). The molecule has 0 heterocycles. The van der Waals surface area contributed by atoms with Crippen LogP contribution in [0.15, 0.2) is 42.5 Å². The second-order valence-electron chi connectivity index (χ2n) is 4.81. The molecule has 0 atom stereocenters. The molecule has 0 radical (unpaired) electrons. The van der Waals surface area contributed by atoms with Crippen LogP contribution >= 0.6 is 24.0 Å². The largest absolute Gasteiger partial charge is 0.489 e. The third kappa shape index (κ3) is 5.58. The van der Waals surface area contributed by atoms with Gasteiger partial charge in [-0.1, -0.05) is 48.4 Å². The molecule has 0 spiro atoms. The minimum absolute atomic E-state index is 0. The molecular weight excluding hydrogens is 305 g/mol. The molecule has 0 bridgehead atoms. The van der Waals surface area contributed by atoms with Gasteiger partial charge in [0.1, 0.15) is 12.4 Å². The van der Waals surface area contributed by atoms with Crippen LogP contribution in [-0.2, 0) is 13.2 Å². The van der Waals surface area contributed by atoms with Gasteiger partial charge in [-0.05, 0) is 37.2 Å². The second-order valence-corrected chi connectivity index (χ2v) is 5.24. The summed E-state index contributed by atoms with van der Waals surface area (Å²) in [6.07, 6.45) is 0. The molecule has 2 aromatic carbocycles. The van der Waals surface area contributed by atoms with E-state index in [-0.39, 0.29) is 12.4 Å². The summed E-state index contributed by atoms with van der Waals surface area (Å²) in [4.78, 5) is 0. The highest BCUT2D eigenvalue weighted by atomic mass is 35.5. The zero-order chi connectivity index (χ0) is 14.4. The van der Waals surface area contributed by atoms with Crippen molar-refractivity contribution < 1.29 is 4.74 Å². The van der Waals surface area contributed by atoms with E-state index >= 15 is 0 Å². The molecule has 2 nitrogen and oxygen atoms in total. The maximum Gasteiger partial charge on any atom is 0.124 e. The first-order valence-electron chi connectivity index (χ1n) is 6.86. The molecule has 1 N–H and O–H groups in total. The molecule has 0 aliphatic carbocycles. The number of ether oxygens (including phenoxy) is 1. The van der Waals surface area contributed by atoms with Gasteiger partial charge in [-0.3, -0.25) is 0 Å². The summed E-state index contributed by atoms with van der Waals surface area (Å²) in [5, 5.41) is 4.04. The van der Waals surface area contributed by atoms with Crippen molar-refractivity contribution in [2.24, 2.45) is 0 Å². The van der Waals surface area contributed by atoms with Crippen molar-refractivity contribution in [3.8, 4) is 5.75 Å². The van der Waals surface area contributed by atoms with Gasteiger partial charge in [0.25, 0.3) is 0 Å². The summed E-state index contributed by atoms with van der Waals surface area (Å²) >= 11 is 6.05. The Labute approximate surface area is 137 Å². The normalized spacial score (nSPS) is 10.0. The Morgan fingerprint density at radius 1 is 1.10 bits per heavy atom. The fraction of sp³-hybridized carbons (Fsp3) is 0.294. The lowest BCUT2D eigenvalue weighted by Gasteiger charge is -2.12. The van der Waals surface area contributed by atoms with Crippen LogP contribution in [0.3, 0.4) is 0 Å². The highest BCUT2D eigenvalue weighted by Gasteiger charge is 2.05. The van der Waals surface area contributed by atoms with Gasteiger partial charge in [0.05, 0.1) is 0 Å². The van der Waals surface area contributed by atoms with Crippen molar-refractivity contribution in [2.45, 2.75) is 27.0 Å². The van der Waals surface area contributed by atoms with Gasteiger partial charge in [0.2, 0.25) is 0 Å². The van der Waals surface area contributed by atoms with Gasteiger partial charge < -0.3 is 10.1 Å². The maximum absolute atomic E-state index is 6.05. The van der Waals surface area contributed by atoms with E-state index in [1.165, 1.54) is 11.1 Å². The molecule has 2 aromatic rings. The van der Waals surface area contributed by atoms with E-state index in [4.69, 9.17) is 16.3 Å². The third-order valence-electron chi connectivity index (χ3n) is 3.10. The molecule has 0 unspecified atom stereocenters. The molecule has 0 aromatic heterocycles. The third-order valence-corrected chi connectivity index (χ3v) is 3.34. The van der Waals surface area contributed by atoms with Gasteiger partial charge >= 0.3 is 0 Å².